The van der Waals surface area contributed by atoms with Gasteiger partial charge in [0.05, 0.1) is 18.7 Å². The van der Waals surface area contributed by atoms with Crippen LogP contribution in [-0.2, 0) is 9.59 Å². The van der Waals surface area contributed by atoms with Crippen LogP contribution in [0.15, 0.2) is 48.5 Å². The molecular formula is C23H27FN2O3. The van der Waals surface area contributed by atoms with Gasteiger partial charge in [0.15, 0.2) is 0 Å². The lowest BCUT2D eigenvalue weighted by molar-refractivity contribution is -0.151. The number of aliphatic hydroxyl groups excluding tert-OH is 1. The van der Waals surface area contributed by atoms with Crippen LogP contribution < -0.4 is 0 Å². The summed E-state index contributed by atoms with van der Waals surface area (Å²) in [6.45, 7) is 3.54. The minimum Gasteiger partial charge on any atom is -0.394 e. The Morgan fingerprint density at radius 1 is 1.10 bits per heavy atom. The van der Waals surface area contributed by atoms with Gasteiger partial charge in [0.1, 0.15) is 5.82 Å². The maximum atomic E-state index is 14.1. The predicted molar refractivity (Wildman–Crippen MR) is 110 cm³/mol. The van der Waals surface area contributed by atoms with Crippen molar-refractivity contribution in [1.29, 1.82) is 0 Å². The zero-order valence-electron chi connectivity index (χ0n) is 17.0. The van der Waals surface area contributed by atoms with E-state index in [1.807, 2.05) is 24.3 Å². The van der Waals surface area contributed by atoms with Crippen LogP contribution in [0.4, 0.5) is 4.39 Å². The zero-order valence-corrected chi connectivity index (χ0v) is 17.0. The summed E-state index contributed by atoms with van der Waals surface area (Å²) in [5, 5.41) is 9.89. The molecule has 3 atom stereocenters. The third-order valence-corrected chi connectivity index (χ3v) is 5.76. The minimum atomic E-state index is -0.332. The third-order valence-electron chi connectivity index (χ3n) is 5.76. The van der Waals surface area contributed by atoms with Gasteiger partial charge < -0.3 is 14.9 Å². The number of aliphatic hydroxyl groups is 1. The minimum absolute atomic E-state index is 0.00889. The molecule has 29 heavy (non-hydrogen) atoms. The Kier molecular flexibility index (Phi) is 6.33. The van der Waals surface area contributed by atoms with Gasteiger partial charge in [-0.05, 0) is 17.2 Å². The van der Waals surface area contributed by atoms with E-state index in [0.29, 0.717) is 18.5 Å². The van der Waals surface area contributed by atoms with Crippen molar-refractivity contribution in [2.24, 2.45) is 0 Å². The lowest BCUT2D eigenvalue weighted by atomic mass is 9.74. The quantitative estimate of drug-likeness (QED) is 0.814. The number of likely N-dealkylation sites (N-methyl/N-ethyl adjacent to an activating group) is 1. The molecule has 1 N–H and O–H groups in total. The molecule has 0 aromatic heterocycles. The number of rotatable bonds is 6. The van der Waals surface area contributed by atoms with Crippen molar-refractivity contribution in [3.05, 3.63) is 59.9 Å². The Morgan fingerprint density at radius 3 is 2.31 bits per heavy atom. The molecule has 1 heterocycles. The Morgan fingerprint density at radius 2 is 1.76 bits per heavy atom. The van der Waals surface area contributed by atoms with E-state index in [9.17, 15) is 19.1 Å². The second-order valence-corrected chi connectivity index (χ2v) is 7.50. The first-order valence-corrected chi connectivity index (χ1v) is 9.87. The first-order chi connectivity index (χ1) is 13.9. The molecule has 0 unspecified atom stereocenters. The smallest absolute Gasteiger partial charge is 0.222 e. The molecule has 1 fully saturated rings. The number of hydrogen-bond donors (Lipinski definition) is 1. The second kappa shape index (κ2) is 8.74. The molecule has 5 nitrogen and oxygen atoms in total. The molecule has 0 spiro atoms. The van der Waals surface area contributed by atoms with Crippen molar-refractivity contribution < 1.29 is 19.1 Å². The number of benzene rings is 2. The van der Waals surface area contributed by atoms with Crippen molar-refractivity contribution in [2.75, 3.05) is 20.2 Å². The van der Waals surface area contributed by atoms with Crippen LogP contribution in [0.2, 0.25) is 0 Å². The van der Waals surface area contributed by atoms with Gasteiger partial charge in [-0.3, -0.25) is 9.59 Å². The van der Waals surface area contributed by atoms with Crippen LogP contribution in [0.25, 0.3) is 11.1 Å². The number of hydrogen-bond acceptors (Lipinski definition) is 3. The van der Waals surface area contributed by atoms with Crippen molar-refractivity contribution in [2.45, 2.75) is 38.3 Å². The first kappa shape index (κ1) is 21.0. The SMILES string of the molecule is CCC(=O)N(C)C[C@@H]1[C@@H](c2ccc(-c3ccccc3F)cc2)[C@H](CO)N1C(C)=O. The Hall–Kier alpha value is -2.73. The monoisotopic (exact) mass is 398 g/mol. The Balaban J connectivity index is 1.88. The van der Waals surface area contributed by atoms with E-state index in [1.54, 1.807) is 42.0 Å². The number of nitrogens with zero attached hydrogens (tertiary/aromatic N) is 2. The fourth-order valence-corrected chi connectivity index (χ4v) is 4.29. The highest BCUT2D eigenvalue weighted by Crippen LogP contribution is 2.41. The summed E-state index contributed by atoms with van der Waals surface area (Å²) in [4.78, 5) is 27.5. The lowest BCUT2D eigenvalue weighted by Crippen LogP contribution is -2.68. The maximum Gasteiger partial charge on any atom is 0.222 e. The molecule has 3 rings (SSSR count). The molecule has 2 aromatic carbocycles. The normalized spacial score (nSPS) is 20.9. The average Bonchev–Trinajstić information content (AvgIpc) is 2.70. The summed E-state index contributed by atoms with van der Waals surface area (Å²) in [5.74, 6) is -0.483. The summed E-state index contributed by atoms with van der Waals surface area (Å²) >= 11 is 0. The van der Waals surface area contributed by atoms with Crippen molar-refractivity contribution in [1.82, 2.24) is 9.80 Å². The molecule has 0 aliphatic carbocycles. The highest BCUT2D eigenvalue weighted by atomic mass is 19.1. The summed E-state index contributed by atoms with van der Waals surface area (Å²) in [6, 6.07) is 13.6. The zero-order chi connectivity index (χ0) is 21.1. The molecule has 1 saturated heterocycles. The van der Waals surface area contributed by atoms with Crippen molar-refractivity contribution in [3.63, 3.8) is 0 Å². The highest BCUT2D eigenvalue weighted by Gasteiger charge is 2.50. The largest absolute Gasteiger partial charge is 0.394 e. The Bertz CT molecular complexity index is 884. The summed E-state index contributed by atoms with van der Waals surface area (Å²) in [6.07, 6.45) is 0.398. The van der Waals surface area contributed by atoms with Gasteiger partial charge in [-0.2, -0.15) is 0 Å². The maximum absolute atomic E-state index is 14.1. The average molecular weight is 398 g/mol. The molecule has 2 amide bonds. The van der Waals surface area contributed by atoms with Crippen molar-refractivity contribution >= 4 is 11.8 Å². The molecular weight excluding hydrogens is 371 g/mol. The number of carbonyl (C=O) groups is 2. The molecule has 154 valence electrons. The lowest BCUT2D eigenvalue weighted by Gasteiger charge is -2.55. The summed E-state index contributed by atoms with van der Waals surface area (Å²) in [7, 11) is 1.73. The van der Waals surface area contributed by atoms with E-state index in [4.69, 9.17) is 0 Å². The van der Waals surface area contributed by atoms with E-state index in [2.05, 4.69) is 0 Å². The topological polar surface area (TPSA) is 60.9 Å². The van der Waals surface area contributed by atoms with Gasteiger partial charge in [-0.1, -0.05) is 49.4 Å². The molecule has 1 aliphatic rings. The number of halogens is 1. The van der Waals surface area contributed by atoms with E-state index < -0.39 is 0 Å². The van der Waals surface area contributed by atoms with Gasteiger partial charge in [-0.25, -0.2) is 4.39 Å². The van der Waals surface area contributed by atoms with E-state index >= 15 is 0 Å². The van der Waals surface area contributed by atoms with Crippen LogP contribution in [-0.4, -0.2) is 59.0 Å². The van der Waals surface area contributed by atoms with Crippen molar-refractivity contribution in [3.8, 4) is 11.1 Å². The molecule has 0 saturated carbocycles. The molecule has 2 aromatic rings. The van der Waals surface area contributed by atoms with Crippen LogP contribution in [0.3, 0.4) is 0 Å². The van der Waals surface area contributed by atoms with Gasteiger partial charge in [0.25, 0.3) is 0 Å². The number of carbonyl (C=O) groups excluding carboxylic acids is 2. The van der Waals surface area contributed by atoms with Crippen LogP contribution in [0, 0.1) is 5.82 Å². The van der Waals surface area contributed by atoms with Gasteiger partial charge in [0.2, 0.25) is 11.8 Å². The Labute approximate surface area is 170 Å². The van der Waals surface area contributed by atoms with E-state index in [0.717, 1.165) is 11.1 Å². The number of amides is 2. The summed E-state index contributed by atoms with van der Waals surface area (Å²) < 4.78 is 14.1. The highest BCUT2D eigenvalue weighted by molar-refractivity contribution is 5.77. The fraction of sp³-hybridized carbons (Fsp3) is 0.391. The predicted octanol–water partition coefficient (Wildman–Crippen LogP) is 3.04. The third kappa shape index (κ3) is 4.03. The van der Waals surface area contributed by atoms with E-state index in [1.165, 1.54) is 13.0 Å². The van der Waals surface area contributed by atoms with Gasteiger partial charge >= 0.3 is 0 Å². The molecule has 1 aliphatic heterocycles. The number of likely N-dealkylation sites (tertiary alicyclic amines) is 1. The second-order valence-electron chi connectivity index (χ2n) is 7.50. The summed E-state index contributed by atoms with van der Waals surface area (Å²) in [5.41, 5.74) is 2.26. The molecule has 0 radical (unpaired) electrons. The van der Waals surface area contributed by atoms with E-state index in [-0.39, 0.29) is 42.2 Å². The van der Waals surface area contributed by atoms with Crippen LogP contribution in [0.5, 0.6) is 0 Å². The fourth-order valence-electron chi connectivity index (χ4n) is 4.29. The molecule has 6 heteroatoms. The van der Waals surface area contributed by atoms with Gasteiger partial charge in [-0.15, -0.1) is 0 Å². The van der Waals surface area contributed by atoms with Crippen LogP contribution >= 0.6 is 0 Å². The molecule has 0 bridgehead atoms. The van der Waals surface area contributed by atoms with Gasteiger partial charge in [0, 0.05) is 38.4 Å². The standard InChI is InChI=1S/C23H27FN2O3/c1-4-22(29)25(3)13-20-23(21(14-27)26(20)15(2)28)17-11-9-16(10-12-17)18-7-5-6-8-19(18)24/h5-12,20-21,23,27H,4,13-14H2,1-3H3/t20-,21+,23-/m1/s1. The van der Waals surface area contributed by atoms with Crippen LogP contribution in [0.1, 0.15) is 31.7 Å². The first-order valence-electron chi connectivity index (χ1n) is 9.87.